The molecule has 0 aliphatic heterocycles. The monoisotopic (exact) mass is 412 g/mol. The van der Waals surface area contributed by atoms with Gasteiger partial charge in [0.05, 0.1) is 11.0 Å². The lowest BCUT2D eigenvalue weighted by atomic mass is 10.0. The summed E-state index contributed by atoms with van der Waals surface area (Å²) in [5.74, 6) is -1.77. The summed E-state index contributed by atoms with van der Waals surface area (Å²) in [6.07, 6.45) is 0. The summed E-state index contributed by atoms with van der Waals surface area (Å²) in [7, 11) is 0. The van der Waals surface area contributed by atoms with Crippen LogP contribution in [0.1, 0.15) is 15.9 Å². The highest BCUT2D eigenvalue weighted by atomic mass is 19.1. The smallest absolute Gasteiger partial charge is 0.249 e. The van der Waals surface area contributed by atoms with E-state index in [-0.39, 0.29) is 6.54 Å². The van der Waals surface area contributed by atoms with Gasteiger partial charge in [-0.25, -0.2) is 8.78 Å². The summed E-state index contributed by atoms with van der Waals surface area (Å²) < 4.78 is 29.6. The van der Waals surface area contributed by atoms with Crippen molar-refractivity contribution in [3.8, 4) is 11.1 Å². The highest BCUT2D eigenvalue weighted by Gasteiger charge is 2.17. The zero-order valence-electron chi connectivity index (χ0n) is 16.5. The van der Waals surface area contributed by atoms with Gasteiger partial charge in [0.15, 0.2) is 0 Å². The normalized spacial score (nSPS) is 11.3. The molecule has 0 fully saturated rings. The van der Waals surface area contributed by atoms with E-state index in [2.05, 4.69) is 0 Å². The van der Waals surface area contributed by atoms with Crippen molar-refractivity contribution >= 4 is 27.7 Å². The van der Waals surface area contributed by atoms with Crippen LogP contribution in [-0.4, -0.2) is 10.5 Å². The molecule has 1 heterocycles. The number of aromatic nitrogens is 1. The number of rotatable bonds is 4. The number of hydrogen-bond donors (Lipinski definition) is 1. The Morgan fingerprint density at radius 3 is 2.23 bits per heavy atom. The zero-order chi connectivity index (χ0) is 21.5. The Balaban J connectivity index is 1.81. The number of amides is 1. The first-order chi connectivity index (χ1) is 15.0. The number of primary amides is 1. The van der Waals surface area contributed by atoms with Gasteiger partial charge < -0.3 is 10.3 Å². The molecule has 0 spiro atoms. The van der Waals surface area contributed by atoms with Crippen LogP contribution in [0.4, 0.5) is 8.78 Å². The van der Waals surface area contributed by atoms with Crippen LogP contribution in [-0.2, 0) is 6.54 Å². The van der Waals surface area contributed by atoms with Gasteiger partial charge in [-0.1, -0.05) is 48.5 Å². The van der Waals surface area contributed by atoms with Crippen molar-refractivity contribution in [1.29, 1.82) is 0 Å². The number of carbonyl (C=O) groups excluding carboxylic acids is 1. The first kappa shape index (κ1) is 19.0. The summed E-state index contributed by atoms with van der Waals surface area (Å²) in [4.78, 5) is 12.1. The number of benzene rings is 4. The standard InChI is InChI=1S/C26H18F2N2O/c27-19-11-16(12-20(28)14-19)15-30-23-8-4-7-22(26(29)31)25(23)21-10-9-18(13-24(21)30)17-5-2-1-3-6-17/h1-14H,15H2,(H2,29,31). The lowest BCUT2D eigenvalue weighted by Crippen LogP contribution is -2.11. The molecule has 5 heteroatoms. The SMILES string of the molecule is NC(=O)c1cccc2c1c1ccc(-c3ccccc3)cc1n2Cc1cc(F)cc(F)c1. The molecule has 5 rings (SSSR count). The first-order valence-corrected chi connectivity index (χ1v) is 9.86. The maximum atomic E-state index is 13.8. The maximum absolute atomic E-state index is 13.8. The molecule has 0 aliphatic rings. The van der Waals surface area contributed by atoms with Crippen molar-refractivity contribution in [3.05, 3.63) is 108 Å². The lowest BCUT2D eigenvalue weighted by molar-refractivity contribution is 0.100. The van der Waals surface area contributed by atoms with Gasteiger partial charge in [-0.05, 0) is 47.0 Å². The van der Waals surface area contributed by atoms with Crippen LogP contribution in [0.5, 0.6) is 0 Å². The second-order valence-electron chi connectivity index (χ2n) is 7.53. The van der Waals surface area contributed by atoms with E-state index in [1.165, 1.54) is 12.1 Å². The summed E-state index contributed by atoms with van der Waals surface area (Å²) in [5.41, 5.74) is 10.2. The van der Waals surface area contributed by atoms with E-state index in [9.17, 15) is 13.6 Å². The van der Waals surface area contributed by atoms with E-state index >= 15 is 0 Å². The number of carbonyl (C=O) groups is 1. The molecule has 0 saturated heterocycles. The minimum atomic E-state index is -0.626. The molecule has 0 atom stereocenters. The van der Waals surface area contributed by atoms with Crippen LogP contribution in [0, 0.1) is 11.6 Å². The fourth-order valence-corrected chi connectivity index (χ4v) is 4.21. The number of nitrogens with zero attached hydrogens (tertiary/aromatic N) is 1. The van der Waals surface area contributed by atoms with Crippen LogP contribution >= 0.6 is 0 Å². The van der Waals surface area contributed by atoms with Crippen molar-refractivity contribution < 1.29 is 13.6 Å². The van der Waals surface area contributed by atoms with Crippen LogP contribution in [0.25, 0.3) is 32.9 Å². The molecular weight excluding hydrogens is 394 g/mol. The van der Waals surface area contributed by atoms with E-state index in [4.69, 9.17) is 5.73 Å². The molecular formula is C26H18F2N2O. The van der Waals surface area contributed by atoms with E-state index in [1.807, 2.05) is 59.2 Å². The summed E-state index contributed by atoms with van der Waals surface area (Å²) in [6.45, 7) is 0.245. The molecule has 0 aliphatic carbocycles. The topological polar surface area (TPSA) is 48.0 Å². The Hall–Kier alpha value is -3.99. The van der Waals surface area contributed by atoms with Crippen molar-refractivity contribution in [2.75, 3.05) is 0 Å². The van der Waals surface area contributed by atoms with Gasteiger partial charge in [0.25, 0.3) is 0 Å². The predicted octanol–water partition coefficient (Wildman–Crippen LogP) is 5.89. The Morgan fingerprint density at radius 2 is 1.52 bits per heavy atom. The van der Waals surface area contributed by atoms with Crippen LogP contribution < -0.4 is 5.73 Å². The molecule has 0 saturated carbocycles. The minimum Gasteiger partial charge on any atom is -0.366 e. The van der Waals surface area contributed by atoms with Gasteiger partial charge in [0.1, 0.15) is 11.6 Å². The van der Waals surface area contributed by atoms with Gasteiger partial charge in [0, 0.05) is 28.9 Å². The van der Waals surface area contributed by atoms with Crippen molar-refractivity contribution in [3.63, 3.8) is 0 Å². The zero-order valence-corrected chi connectivity index (χ0v) is 16.5. The molecule has 0 radical (unpaired) electrons. The molecule has 5 aromatic rings. The largest absolute Gasteiger partial charge is 0.366 e. The van der Waals surface area contributed by atoms with Crippen LogP contribution in [0.15, 0.2) is 84.9 Å². The Kier molecular flexibility index (Phi) is 4.51. The highest BCUT2D eigenvalue weighted by molar-refractivity contribution is 6.18. The molecule has 31 heavy (non-hydrogen) atoms. The van der Waals surface area contributed by atoms with Gasteiger partial charge in [-0.15, -0.1) is 0 Å². The number of nitrogens with two attached hydrogens (primary N) is 1. The van der Waals surface area contributed by atoms with Crippen molar-refractivity contribution in [1.82, 2.24) is 4.57 Å². The minimum absolute atomic E-state index is 0.245. The molecule has 1 amide bonds. The molecule has 4 aromatic carbocycles. The average molecular weight is 412 g/mol. The van der Waals surface area contributed by atoms with Gasteiger partial charge in [-0.3, -0.25) is 4.79 Å². The van der Waals surface area contributed by atoms with Crippen molar-refractivity contribution in [2.45, 2.75) is 6.54 Å². The number of hydrogen-bond acceptors (Lipinski definition) is 1. The first-order valence-electron chi connectivity index (χ1n) is 9.86. The summed E-state index contributed by atoms with van der Waals surface area (Å²) in [6, 6.07) is 24.8. The van der Waals surface area contributed by atoms with Gasteiger partial charge >= 0.3 is 0 Å². The molecule has 152 valence electrons. The Labute approximate surface area is 177 Å². The fourth-order valence-electron chi connectivity index (χ4n) is 4.21. The van der Waals surface area contributed by atoms with E-state index < -0.39 is 17.5 Å². The fraction of sp³-hybridized carbons (Fsp3) is 0.0385. The second-order valence-corrected chi connectivity index (χ2v) is 7.53. The third-order valence-electron chi connectivity index (χ3n) is 5.53. The van der Waals surface area contributed by atoms with E-state index in [0.717, 1.165) is 39.0 Å². The lowest BCUT2D eigenvalue weighted by Gasteiger charge is -2.10. The third-order valence-corrected chi connectivity index (χ3v) is 5.53. The molecule has 0 unspecified atom stereocenters. The molecule has 1 aromatic heterocycles. The van der Waals surface area contributed by atoms with E-state index in [0.29, 0.717) is 11.1 Å². The number of fused-ring (bicyclic) bond motifs is 3. The molecule has 0 bridgehead atoms. The Morgan fingerprint density at radius 1 is 0.774 bits per heavy atom. The van der Waals surface area contributed by atoms with Crippen LogP contribution in [0.2, 0.25) is 0 Å². The third kappa shape index (κ3) is 3.34. The van der Waals surface area contributed by atoms with Crippen LogP contribution in [0.3, 0.4) is 0 Å². The Bertz CT molecular complexity index is 1440. The van der Waals surface area contributed by atoms with Gasteiger partial charge in [-0.2, -0.15) is 0 Å². The number of halogens is 2. The maximum Gasteiger partial charge on any atom is 0.249 e. The average Bonchev–Trinajstić information content (AvgIpc) is 3.06. The quantitative estimate of drug-likeness (QED) is 0.393. The summed E-state index contributed by atoms with van der Waals surface area (Å²) in [5, 5.41) is 1.60. The van der Waals surface area contributed by atoms with Gasteiger partial charge in [0.2, 0.25) is 5.91 Å². The predicted molar refractivity (Wildman–Crippen MR) is 119 cm³/mol. The highest BCUT2D eigenvalue weighted by Crippen LogP contribution is 2.35. The van der Waals surface area contributed by atoms with Crippen molar-refractivity contribution in [2.24, 2.45) is 5.73 Å². The molecule has 2 N–H and O–H groups in total. The second kappa shape index (κ2) is 7.36. The van der Waals surface area contributed by atoms with E-state index in [1.54, 1.807) is 12.1 Å². The molecule has 3 nitrogen and oxygen atoms in total. The summed E-state index contributed by atoms with van der Waals surface area (Å²) >= 11 is 0.